The lowest BCUT2D eigenvalue weighted by Gasteiger charge is -2.34. The molecule has 1 atom stereocenters. The average Bonchev–Trinajstić information content (AvgIpc) is 3.17. The summed E-state index contributed by atoms with van der Waals surface area (Å²) in [4.78, 5) is 40.2. The van der Waals surface area contributed by atoms with Crippen molar-refractivity contribution in [2.45, 2.75) is 60.2 Å². The molecule has 0 spiro atoms. The summed E-state index contributed by atoms with van der Waals surface area (Å²) < 4.78 is 5.69. The summed E-state index contributed by atoms with van der Waals surface area (Å²) in [5, 5.41) is 3.56. The Morgan fingerprint density at radius 1 is 1.14 bits per heavy atom. The topological polar surface area (TPSA) is 90.9 Å². The van der Waals surface area contributed by atoms with Gasteiger partial charge in [0.15, 0.2) is 0 Å². The quantitative estimate of drug-likeness (QED) is 0.650. The van der Waals surface area contributed by atoms with Gasteiger partial charge in [-0.05, 0) is 51.8 Å². The maximum Gasteiger partial charge on any atom is 0.273 e. The van der Waals surface area contributed by atoms with Crippen molar-refractivity contribution in [3.63, 3.8) is 0 Å². The fraction of sp³-hybridized carbons (Fsp3) is 0.538. The fourth-order valence-electron chi connectivity index (χ4n) is 4.62. The number of nitrogens with zero attached hydrogens (tertiary/aromatic N) is 5. The van der Waals surface area contributed by atoms with Crippen LogP contribution in [-0.4, -0.2) is 70.4 Å². The second kappa shape index (κ2) is 10.1. The van der Waals surface area contributed by atoms with Gasteiger partial charge in [-0.3, -0.25) is 9.59 Å². The number of carbonyl (C=O) groups excluding carboxylic acids is 2. The number of fused-ring (bicyclic) bond motifs is 1. The van der Waals surface area contributed by atoms with Gasteiger partial charge in [0.25, 0.3) is 5.91 Å². The van der Waals surface area contributed by atoms with E-state index in [0.29, 0.717) is 56.8 Å². The Bertz CT molecular complexity index is 1110. The highest BCUT2D eigenvalue weighted by atomic mass is 16.5. The molecule has 0 unspecified atom stereocenters. The van der Waals surface area contributed by atoms with Crippen molar-refractivity contribution in [1.29, 1.82) is 0 Å². The molecule has 188 valence electrons. The molecule has 1 saturated heterocycles. The summed E-state index contributed by atoms with van der Waals surface area (Å²) in [5.74, 6) is 2.12. The first-order chi connectivity index (χ1) is 16.7. The van der Waals surface area contributed by atoms with E-state index in [-0.39, 0.29) is 23.9 Å². The van der Waals surface area contributed by atoms with Gasteiger partial charge in [0.2, 0.25) is 11.9 Å². The molecule has 1 aromatic carbocycles. The predicted octanol–water partition coefficient (Wildman–Crippen LogP) is 3.39. The van der Waals surface area contributed by atoms with Gasteiger partial charge < -0.3 is 24.8 Å². The van der Waals surface area contributed by atoms with Crippen LogP contribution in [0.25, 0.3) is 0 Å². The third-order valence-electron chi connectivity index (χ3n) is 6.77. The van der Waals surface area contributed by atoms with Gasteiger partial charge in [-0.2, -0.15) is 4.98 Å². The van der Waals surface area contributed by atoms with Crippen LogP contribution in [0.1, 0.15) is 67.8 Å². The van der Waals surface area contributed by atoms with Crippen LogP contribution in [0.5, 0.6) is 5.75 Å². The largest absolute Gasteiger partial charge is 0.494 e. The van der Waals surface area contributed by atoms with Gasteiger partial charge in [0, 0.05) is 50.7 Å². The van der Waals surface area contributed by atoms with Crippen molar-refractivity contribution in [2.24, 2.45) is 0 Å². The Labute approximate surface area is 207 Å². The molecule has 0 radical (unpaired) electrons. The molecular weight excluding hydrogens is 444 g/mol. The maximum atomic E-state index is 13.2. The number of aromatic nitrogens is 2. The van der Waals surface area contributed by atoms with Crippen molar-refractivity contribution in [3.8, 4) is 5.75 Å². The van der Waals surface area contributed by atoms with Crippen LogP contribution < -0.4 is 15.0 Å². The number of aryl methyl sites for hydroxylation is 1. The number of anilines is 2. The summed E-state index contributed by atoms with van der Waals surface area (Å²) in [6.45, 7) is 15.3. The summed E-state index contributed by atoms with van der Waals surface area (Å²) >= 11 is 0. The number of amides is 2. The van der Waals surface area contributed by atoms with Crippen molar-refractivity contribution < 1.29 is 14.3 Å². The zero-order valence-electron chi connectivity index (χ0n) is 21.6. The zero-order valence-corrected chi connectivity index (χ0v) is 21.6. The van der Waals surface area contributed by atoms with E-state index in [1.165, 1.54) is 0 Å². The number of hydrogen-bond donors (Lipinski definition) is 1. The first kappa shape index (κ1) is 24.8. The first-order valence-electron chi connectivity index (χ1n) is 12.4. The molecule has 9 heteroatoms. The van der Waals surface area contributed by atoms with E-state index < -0.39 is 0 Å². The number of benzene rings is 1. The molecule has 3 heterocycles. The Balaban J connectivity index is 1.64. The molecule has 0 aliphatic carbocycles. The molecule has 9 nitrogen and oxygen atoms in total. The minimum Gasteiger partial charge on any atom is -0.494 e. The van der Waals surface area contributed by atoms with Crippen molar-refractivity contribution in [3.05, 3.63) is 40.6 Å². The lowest BCUT2D eigenvalue weighted by molar-refractivity contribution is -0.129. The lowest BCUT2D eigenvalue weighted by atomic mass is 10.0. The van der Waals surface area contributed by atoms with Crippen LogP contribution in [0, 0.1) is 6.92 Å². The van der Waals surface area contributed by atoms with E-state index in [4.69, 9.17) is 14.7 Å². The van der Waals surface area contributed by atoms with Crippen LogP contribution in [-0.2, 0) is 11.3 Å². The monoisotopic (exact) mass is 480 g/mol. The zero-order chi connectivity index (χ0) is 25.3. The third-order valence-corrected chi connectivity index (χ3v) is 6.77. The number of rotatable bonds is 7. The highest BCUT2D eigenvalue weighted by molar-refractivity contribution is 5.98. The van der Waals surface area contributed by atoms with E-state index in [9.17, 15) is 9.59 Å². The normalized spacial score (nSPS) is 16.5. The van der Waals surface area contributed by atoms with Crippen LogP contribution in [0.4, 0.5) is 11.8 Å². The van der Waals surface area contributed by atoms with Crippen LogP contribution in [0.2, 0.25) is 0 Å². The number of hydrogen-bond acceptors (Lipinski definition) is 7. The smallest absolute Gasteiger partial charge is 0.273 e. The summed E-state index contributed by atoms with van der Waals surface area (Å²) in [6.07, 6.45) is 0. The summed E-state index contributed by atoms with van der Waals surface area (Å²) in [6, 6.07) is 6.22. The average molecular weight is 481 g/mol. The van der Waals surface area contributed by atoms with E-state index in [0.717, 1.165) is 22.4 Å². The molecule has 2 aromatic rings. The van der Waals surface area contributed by atoms with Crippen molar-refractivity contribution in [2.75, 3.05) is 43.0 Å². The highest BCUT2D eigenvalue weighted by Gasteiger charge is 2.35. The summed E-state index contributed by atoms with van der Waals surface area (Å²) in [5.41, 5.74) is 3.50. The Hall–Kier alpha value is -3.36. The SMILES string of the molecule is CCOc1ccc([C@@H](C)Nc2nc(N3CCN(C(C)=O)CC3)nc3c2CN(C(C)C)C3=O)cc1C. The van der Waals surface area contributed by atoms with Gasteiger partial charge >= 0.3 is 0 Å². The first-order valence-corrected chi connectivity index (χ1v) is 12.4. The lowest BCUT2D eigenvalue weighted by Crippen LogP contribution is -2.48. The molecule has 1 N–H and O–H groups in total. The summed E-state index contributed by atoms with van der Waals surface area (Å²) in [7, 11) is 0. The Morgan fingerprint density at radius 2 is 1.86 bits per heavy atom. The van der Waals surface area contributed by atoms with Gasteiger partial charge in [0.05, 0.1) is 13.2 Å². The molecule has 0 saturated carbocycles. The number of piperazine rings is 1. The molecule has 2 amide bonds. The van der Waals surface area contributed by atoms with Gasteiger partial charge in [0.1, 0.15) is 17.3 Å². The predicted molar refractivity (Wildman–Crippen MR) is 136 cm³/mol. The van der Waals surface area contributed by atoms with Gasteiger partial charge in [-0.1, -0.05) is 12.1 Å². The van der Waals surface area contributed by atoms with E-state index >= 15 is 0 Å². The van der Waals surface area contributed by atoms with Gasteiger partial charge in [-0.25, -0.2) is 4.98 Å². The minimum absolute atomic E-state index is 0.0333. The standard InChI is InChI=1S/C26H36N6O3/c1-7-35-22-9-8-20(14-17(22)4)18(5)27-24-21-15-32(16(2)3)25(34)23(21)28-26(29-24)31-12-10-30(11-13-31)19(6)33/h8-9,14,16,18H,7,10-13,15H2,1-6H3,(H,27,28,29)/t18-/m1/s1. The highest BCUT2D eigenvalue weighted by Crippen LogP contribution is 2.33. The van der Waals surface area contributed by atoms with E-state index in [1.54, 1.807) is 6.92 Å². The van der Waals surface area contributed by atoms with E-state index in [1.807, 2.05) is 43.6 Å². The number of nitrogens with one attached hydrogen (secondary N) is 1. The number of carbonyl (C=O) groups is 2. The molecule has 35 heavy (non-hydrogen) atoms. The number of ether oxygens (including phenoxy) is 1. The van der Waals surface area contributed by atoms with Gasteiger partial charge in [-0.15, -0.1) is 0 Å². The second-order valence-electron chi connectivity index (χ2n) is 9.54. The van der Waals surface area contributed by atoms with Crippen LogP contribution in [0.15, 0.2) is 18.2 Å². The Kier molecular flexibility index (Phi) is 7.14. The second-order valence-corrected chi connectivity index (χ2v) is 9.54. The van der Waals surface area contributed by atoms with Crippen molar-refractivity contribution in [1.82, 2.24) is 19.8 Å². The third kappa shape index (κ3) is 5.04. The molecule has 2 aliphatic rings. The molecule has 1 aromatic heterocycles. The maximum absolute atomic E-state index is 13.2. The molecule has 0 bridgehead atoms. The molecular formula is C26H36N6O3. The van der Waals surface area contributed by atoms with Crippen LogP contribution >= 0.6 is 0 Å². The minimum atomic E-state index is -0.0614. The Morgan fingerprint density at radius 3 is 2.46 bits per heavy atom. The molecule has 4 rings (SSSR count). The van der Waals surface area contributed by atoms with Crippen LogP contribution in [0.3, 0.4) is 0 Å². The molecule has 2 aliphatic heterocycles. The molecule has 1 fully saturated rings. The fourth-order valence-corrected chi connectivity index (χ4v) is 4.62. The van der Waals surface area contributed by atoms with E-state index in [2.05, 4.69) is 29.3 Å². The van der Waals surface area contributed by atoms with Crippen molar-refractivity contribution >= 4 is 23.6 Å².